The fraction of sp³-hybridized carbons (Fsp3) is 0. The molecule has 90 valence electrons. The van der Waals surface area contributed by atoms with Crippen LogP contribution >= 0.6 is 39.1 Å². The van der Waals surface area contributed by atoms with Crippen LogP contribution < -0.4 is 5.32 Å². The van der Waals surface area contributed by atoms with Crippen LogP contribution in [0.3, 0.4) is 0 Å². The second-order valence-electron chi connectivity index (χ2n) is 3.53. The molecule has 0 saturated heterocycles. The number of halogens is 3. The van der Waals surface area contributed by atoms with Gasteiger partial charge in [-0.1, -0.05) is 29.3 Å². The van der Waals surface area contributed by atoms with E-state index >= 15 is 0 Å². The van der Waals surface area contributed by atoms with Gasteiger partial charge in [-0.25, -0.2) is 0 Å². The number of nitrogens with zero attached hydrogens (tertiary/aromatic N) is 1. The molecule has 0 aliphatic carbocycles. The lowest BCUT2D eigenvalue weighted by molar-refractivity contribution is 1.45. The van der Waals surface area contributed by atoms with Crippen molar-refractivity contribution in [2.45, 2.75) is 0 Å². The molecule has 0 fully saturated rings. The van der Waals surface area contributed by atoms with Crippen LogP contribution in [0.4, 0.5) is 11.4 Å². The van der Waals surface area contributed by atoms with Crippen LogP contribution in [0.5, 0.6) is 0 Å². The Kier molecular flexibility index (Phi) is 4.13. The predicted octanol–water partition coefficient (Wildman–Crippen LogP) is 5.37. The molecule has 2 aromatic carbocycles. The molecular formula is C13H7BrCl2N2. The lowest BCUT2D eigenvalue weighted by Gasteiger charge is -2.10. The van der Waals surface area contributed by atoms with E-state index in [-0.39, 0.29) is 0 Å². The zero-order chi connectivity index (χ0) is 13.1. The summed E-state index contributed by atoms with van der Waals surface area (Å²) >= 11 is 15.3. The largest absolute Gasteiger partial charge is 0.354 e. The molecule has 0 unspecified atom stereocenters. The van der Waals surface area contributed by atoms with E-state index in [4.69, 9.17) is 28.5 Å². The second-order valence-corrected chi connectivity index (χ2v) is 5.17. The highest BCUT2D eigenvalue weighted by Crippen LogP contribution is 2.32. The number of hydrogen-bond acceptors (Lipinski definition) is 2. The summed E-state index contributed by atoms with van der Waals surface area (Å²) in [7, 11) is 0. The molecule has 2 nitrogen and oxygen atoms in total. The highest BCUT2D eigenvalue weighted by molar-refractivity contribution is 9.10. The maximum atomic E-state index is 8.84. The smallest absolute Gasteiger partial charge is 0.100 e. The molecule has 0 aromatic heterocycles. The number of rotatable bonds is 2. The lowest BCUT2D eigenvalue weighted by Crippen LogP contribution is -1.92. The van der Waals surface area contributed by atoms with Gasteiger partial charge in [-0.15, -0.1) is 0 Å². The third-order valence-electron chi connectivity index (χ3n) is 2.32. The van der Waals surface area contributed by atoms with Gasteiger partial charge in [0.05, 0.1) is 21.3 Å². The summed E-state index contributed by atoms with van der Waals surface area (Å²) in [5, 5.41) is 13.0. The van der Waals surface area contributed by atoms with Crippen molar-refractivity contribution in [1.29, 1.82) is 5.26 Å². The molecule has 0 heterocycles. The Morgan fingerprint density at radius 1 is 1.17 bits per heavy atom. The summed E-state index contributed by atoms with van der Waals surface area (Å²) in [6.45, 7) is 0. The summed E-state index contributed by atoms with van der Waals surface area (Å²) in [6.07, 6.45) is 0. The first-order valence-corrected chi connectivity index (χ1v) is 6.57. The summed E-state index contributed by atoms with van der Waals surface area (Å²) in [6, 6.07) is 12.8. The van der Waals surface area contributed by atoms with Crippen molar-refractivity contribution in [3.63, 3.8) is 0 Å². The standard InChI is InChI=1S/C13H7BrCl2N2/c14-10-6-9(5-4-8(10)7-17)18-12-3-1-2-11(15)13(12)16/h1-6,18H. The molecule has 0 bridgehead atoms. The molecule has 0 amide bonds. The fourth-order valence-corrected chi connectivity index (χ4v) is 2.25. The van der Waals surface area contributed by atoms with Crippen molar-refractivity contribution < 1.29 is 0 Å². The van der Waals surface area contributed by atoms with Gasteiger partial charge in [0.1, 0.15) is 6.07 Å². The van der Waals surface area contributed by atoms with Gasteiger partial charge in [-0.05, 0) is 46.3 Å². The first-order valence-electron chi connectivity index (χ1n) is 5.02. The minimum Gasteiger partial charge on any atom is -0.354 e. The highest BCUT2D eigenvalue weighted by Gasteiger charge is 2.06. The summed E-state index contributed by atoms with van der Waals surface area (Å²) < 4.78 is 0.730. The van der Waals surface area contributed by atoms with Gasteiger partial charge in [0.15, 0.2) is 0 Å². The SMILES string of the molecule is N#Cc1ccc(Nc2cccc(Cl)c2Cl)cc1Br. The van der Waals surface area contributed by atoms with E-state index < -0.39 is 0 Å². The van der Waals surface area contributed by atoms with Gasteiger partial charge in [-0.2, -0.15) is 5.26 Å². The predicted molar refractivity (Wildman–Crippen MR) is 78.6 cm³/mol. The number of hydrogen-bond donors (Lipinski definition) is 1. The number of anilines is 2. The average molecular weight is 342 g/mol. The van der Waals surface area contributed by atoms with E-state index in [0.29, 0.717) is 15.6 Å². The summed E-state index contributed by atoms with van der Waals surface area (Å²) in [4.78, 5) is 0. The van der Waals surface area contributed by atoms with Crippen molar-refractivity contribution in [2.24, 2.45) is 0 Å². The zero-order valence-electron chi connectivity index (χ0n) is 9.05. The van der Waals surface area contributed by atoms with E-state index in [1.807, 2.05) is 18.2 Å². The van der Waals surface area contributed by atoms with Crippen LogP contribution in [0.25, 0.3) is 0 Å². The number of nitriles is 1. The normalized spacial score (nSPS) is 9.89. The molecule has 0 atom stereocenters. The Morgan fingerprint density at radius 3 is 2.61 bits per heavy atom. The summed E-state index contributed by atoms with van der Waals surface area (Å²) in [5.41, 5.74) is 2.13. The third-order valence-corrected chi connectivity index (χ3v) is 3.80. The lowest BCUT2D eigenvalue weighted by atomic mass is 10.2. The molecule has 0 spiro atoms. The maximum absolute atomic E-state index is 8.84. The molecule has 0 aliphatic rings. The van der Waals surface area contributed by atoms with Gasteiger partial charge < -0.3 is 5.32 Å². The van der Waals surface area contributed by atoms with Crippen molar-refractivity contribution in [3.05, 3.63) is 56.5 Å². The fourth-order valence-electron chi connectivity index (χ4n) is 1.44. The van der Waals surface area contributed by atoms with E-state index in [2.05, 4.69) is 27.3 Å². The molecule has 2 rings (SSSR count). The van der Waals surface area contributed by atoms with Crippen molar-refractivity contribution in [3.8, 4) is 6.07 Å². The zero-order valence-corrected chi connectivity index (χ0v) is 12.1. The van der Waals surface area contributed by atoms with Gasteiger partial charge in [-0.3, -0.25) is 0 Å². The Bertz CT molecular complexity index is 635. The van der Waals surface area contributed by atoms with Crippen LogP contribution in [0.1, 0.15) is 5.56 Å². The van der Waals surface area contributed by atoms with E-state index in [9.17, 15) is 0 Å². The van der Waals surface area contributed by atoms with Crippen molar-refractivity contribution >= 4 is 50.5 Å². The van der Waals surface area contributed by atoms with E-state index in [0.717, 1.165) is 15.8 Å². The third kappa shape index (κ3) is 2.78. The van der Waals surface area contributed by atoms with Gasteiger partial charge in [0.25, 0.3) is 0 Å². The van der Waals surface area contributed by atoms with Crippen LogP contribution in [0.2, 0.25) is 10.0 Å². The van der Waals surface area contributed by atoms with Crippen molar-refractivity contribution in [1.82, 2.24) is 0 Å². The Hall–Kier alpha value is -1.21. The Labute approximate surface area is 123 Å². The Morgan fingerprint density at radius 2 is 1.94 bits per heavy atom. The topological polar surface area (TPSA) is 35.8 Å². The minimum atomic E-state index is 0.472. The van der Waals surface area contributed by atoms with Crippen molar-refractivity contribution in [2.75, 3.05) is 5.32 Å². The molecule has 0 radical (unpaired) electrons. The van der Waals surface area contributed by atoms with Crippen LogP contribution in [0, 0.1) is 11.3 Å². The van der Waals surface area contributed by atoms with Gasteiger partial charge >= 0.3 is 0 Å². The number of nitrogens with one attached hydrogen (secondary N) is 1. The molecule has 1 N–H and O–H groups in total. The molecule has 18 heavy (non-hydrogen) atoms. The first-order chi connectivity index (χ1) is 8.61. The molecule has 5 heteroatoms. The maximum Gasteiger partial charge on any atom is 0.100 e. The minimum absolute atomic E-state index is 0.472. The molecule has 2 aromatic rings. The average Bonchev–Trinajstić information content (AvgIpc) is 2.35. The molecule has 0 saturated carbocycles. The Balaban J connectivity index is 2.32. The highest BCUT2D eigenvalue weighted by atomic mass is 79.9. The summed E-state index contributed by atoms with van der Waals surface area (Å²) in [5.74, 6) is 0. The second kappa shape index (κ2) is 5.62. The van der Waals surface area contributed by atoms with Crippen LogP contribution in [0.15, 0.2) is 40.9 Å². The monoisotopic (exact) mass is 340 g/mol. The number of benzene rings is 2. The molecular weight excluding hydrogens is 335 g/mol. The van der Waals surface area contributed by atoms with Gasteiger partial charge in [0, 0.05) is 10.2 Å². The van der Waals surface area contributed by atoms with E-state index in [1.165, 1.54) is 0 Å². The van der Waals surface area contributed by atoms with E-state index in [1.54, 1.807) is 18.2 Å². The van der Waals surface area contributed by atoms with Crippen LogP contribution in [-0.4, -0.2) is 0 Å². The van der Waals surface area contributed by atoms with Crippen LogP contribution in [-0.2, 0) is 0 Å². The quantitative estimate of drug-likeness (QED) is 0.796. The van der Waals surface area contributed by atoms with Gasteiger partial charge in [0.2, 0.25) is 0 Å². The molecule has 0 aliphatic heterocycles. The first kappa shape index (κ1) is 13.2.